The lowest BCUT2D eigenvalue weighted by Gasteiger charge is -2.44. The average molecular weight is 529 g/mol. The van der Waals surface area contributed by atoms with Crippen molar-refractivity contribution in [3.63, 3.8) is 0 Å². The Hall–Kier alpha value is -1.88. The summed E-state index contributed by atoms with van der Waals surface area (Å²) in [5.74, 6) is 0.945. The van der Waals surface area contributed by atoms with E-state index in [0.29, 0.717) is 30.6 Å². The molecule has 0 bridgehead atoms. The minimum atomic E-state index is -1.14. The molecule has 0 radical (unpaired) electrons. The normalized spacial score (nSPS) is 34.6. The van der Waals surface area contributed by atoms with E-state index in [1.54, 1.807) is 0 Å². The highest BCUT2D eigenvalue weighted by Gasteiger charge is 2.50. The molecule has 3 rings (SSSR count). The van der Waals surface area contributed by atoms with Crippen molar-refractivity contribution in [3.8, 4) is 0 Å². The SMILES string of the molecule is C=C1/C(=C\C=C2CCC[C@@]3(C)C2CC[C@@H]3[C@H](C)CCCC(C)C)C[C@](O)(CCC(=O)O)C[C@H]1CCC(=O)O. The van der Waals surface area contributed by atoms with Crippen molar-refractivity contribution in [2.45, 2.75) is 123 Å². The Labute approximate surface area is 230 Å². The van der Waals surface area contributed by atoms with Crippen LogP contribution in [0.1, 0.15) is 118 Å². The summed E-state index contributed by atoms with van der Waals surface area (Å²) in [6.45, 7) is 13.9. The lowest BCUT2D eigenvalue weighted by atomic mass is 9.60. The number of fused-ring (bicyclic) bond motifs is 1. The lowest BCUT2D eigenvalue weighted by molar-refractivity contribution is -0.138. The number of hydrogen-bond donors (Lipinski definition) is 3. The van der Waals surface area contributed by atoms with Gasteiger partial charge < -0.3 is 15.3 Å². The third kappa shape index (κ3) is 7.61. The van der Waals surface area contributed by atoms with Gasteiger partial charge in [0.1, 0.15) is 0 Å². The molecule has 214 valence electrons. The van der Waals surface area contributed by atoms with Crippen molar-refractivity contribution in [3.05, 3.63) is 35.5 Å². The van der Waals surface area contributed by atoms with Gasteiger partial charge in [0.15, 0.2) is 0 Å². The van der Waals surface area contributed by atoms with E-state index in [9.17, 15) is 24.9 Å². The van der Waals surface area contributed by atoms with Gasteiger partial charge in [0, 0.05) is 19.3 Å². The van der Waals surface area contributed by atoms with Gasteiger partial charge in [0.05, 0.1) is 5.60 Å². The fourth-order valence-electron chi connectivity index (χ4n) is 8.13. The van der Waals surface area contributed by atoms with E-state index in [-0.39, 0.29) is 25.2 Å². The van der Waals surface area contributed by atoms with Gasteiger partial charge in [-0.3, -0.25) is 9.59 Å². The molecule has 0 spiro atoms. The van der Waals surface area contributed by atoms with Gasteiger partial charge in [0.25, 0.3) is 0 Å². The second-order valence-electron chi connectivity index (χ2n) is 13.5. The van der Waals surface area contributed by atoms with Crippen LogP contribution < -0.4 is 0 Å². The number of allylic oxidation sites excluding steroid dienone is 4. The van der Waals surface area contributed by atoms with Crippen LogP contribution in [0.15, 0.2) is 35.5 Å². The average Bonchev–Trinajstić information content (AvgIpc) is 3.19. The summed E-state index contributed by atoms with van der Waals surface area (Å²) in [5, 5.41) is 29.8. The van der Waals surface area contributed by atoms with E-state index in [1.807, 2.05) is 0 Å². The topological polar surface area (TPSA) is 94.8 Å². The summed E-state index contributed by atoms with van der Waals surface area (Å²) >= 11 is 0. The van der Waals surface area contributed by atoms with Gasteiger partial charge in [-0.2, -0.15) is 0 Å². The maximum absolute atomic E-state index is 11.4. The Kier molecular flexibility index (Phi) is 10.5. The van der Waals surface area contributed by atoms with Crippen LogP contribution in [0, 0.1) is 35.0 Å². The van der Waals surface area contributed by atoms with Crippen LogP contribution in [-0.2, 0) is 9.59 Å². The van der Waals surface area contributed by atoms with Crippen molar-refractivity contribution in [1.29, 1.82) is 0 Å². The number of aliphatic hydroxyl groups is 1. The highest BCUT2D eigenvalue weighted by molar-refractivity contribution is 5.67. The molecule has 3 N–H and O–H groups in total. The quantitative estimate of drug-likeness (QED) is 0.239. The summed E-state index contributed by atoms with van der Waals surface area (Å²) < 4.78 is 0. The Morgan fingerprint density at radius 2 is 1.79 bits per heavy atom. The van der Waals surface area contributed by atoms with E-state index in [4.69, 9.17) is 0 Å². The van der Waals surface area contributed by atoms with E-state index < -0.39 is 17.5 Å². The van der Waals surface area contributed by atoms with Crippen LogP contribution in [0.2, 0.25) is 0 Å². The summed E-state index contributed by atoms with van der Waals surface area (Å²) in [5.41, 5.74) is 2.58. The van der Waals surface area contributed by atoms with Crippen molar-refractivity contribution < 1.29 is 24.9 Å². The molecule has 0 aliphatic heterocycles. The van der Waals surface area contributed by atoms with E-state index in [0.717, 1.165) is 35.3 Å². The first-order valence-corrected chi connectivity index (χ1v) is 15.1. The van der Waals surface area contributed by atoms with Gasteiger partial charge in [0.2, 0.25) is 0 Å². The molecule has 38 heavy (non-hydrogen) atoms. The first-order valence-electron chi connectivity index (χ1n) is 15.1. The summed E-state index contributed by atoms with van der Waals surface area (Å²) in [4.78, 5) is 22.5. The number of carboxylic acids is 2. The van der Waals surface area contributed by atoms with E-state index in [2.05, 4.69) is 46.4 Å². The number of rotatable bonds is 12. The van der Waals surface area contributed by atoms with Crippen molar-refractivity contribution in [1.82, 2.24) is 0 Å². The number of carbonyl (C=O) groups is 2. The van der Waals surface area contributed by atoms with Gasteiger partial charge in [-0.25, -0.2) is 0 Å². The third-order valence-corrected chi connectivity index (χ3v) is 10.2. The highest BCUT2D eigenvalue weighted by Crippen LogP contribution is 2.60. The first-order chi connectivity index (χ1) is 17.8. The zero-order chi connectivity index (χ0) is 28.1. The van der Waals surface area contributed by atoms with Crippen molar-refractivity contribution in [2.24, 2.45) is 35.0 Å². The Bertz CT molecular complexity index is 930. The largest absolute Gasteiger partial charge is 0.481 e. The molecule has 5 heteroatoms. The fourth-order valence-corrected chi connectivity index (χ4v) is 8.13. The number of hydrogen-bond acceptors (Lipinski definition) is 3. The Morgan fingerprint density at radius 3 is 2.45 bits per heavy atom. The van der Waals surface area contributed by atoms with Crippen molar-refractivity contribution in [2.75, 3.05) is 0 Å². The monoisotopic (exact) mass is 528 g/mol. The molecule has 0 aromatic carbocycles. The molecule has 0 heterocycles. The maximum atomic E-state index is 11.4. The van der Waals surface area contributed by atoms with E-state index >= 15 is 0 Å². The standard InChI is InChI=1S/C33H52O5/c1-22(2)8-6-9-23(3)28-14-15-29-25(10-7-18-32(28,29)5)11-12-26-20-33(38,19-17-31(36)37)21-27(24(26)4)13-16-30(34)35/h11-12,22-23,27-29,38H,4,6-10,13-21H2,1-3,5H3,(H,34,35)(H,36,37)/b25-11?,26-12-/t23-,27-,28-,29?,32-,33-/m1/s1. The van der Waals surface area contributed by atoms with Crippen molar-refractivity contribution >= 4 is 11.9 Å². The van der Waals surface area contributed by atoms with Gasteiger partial charge in [-0.1, -0.05) is 71.3 Å². The van der Waals surface area contributed by atoms with Crippen LogP contribution >= 0.6 is 0 Å². The Balaban J connectivity index is 1.79. The summed E-state index contributed by atoms with van der Waals surface area (Å²) in [6.07, 6.45) is 15.8. The maximum Gasteiger partial charge on any atom is 0.303 e. The molecule has 0 aromatic rings. The second kappa shape index (κ2) is 13.0. The van der Waals surface area contributed by atoms with Crippen LogP contribution in [0.5, 0.6) is 0 Å². The molecule has 3 aliphatic rings. The van der Waals surface area contributed by atoms with Gasteiger partial charge >= 0.3 is 11.9 Å². The molecular weight excluding hydrogens is 476 g/mol. The number of carboxylic acid groups (broad SMARTS) is 2. The Morgan fingerprint density at radius 1 is 1.08 bits per heavy atom. The summed E-state index contributed by atoms with van der Waals surface area (Å²) in [6, 6.07) is 0. The van der Waals surface area contributed by atoms with Crippen LogP contribution in [-0.4, -0.2) is 32.9 Å². The molecule has 5 nitrogen and oxygen atoms in total. The van der Waals surface area contributed by atoms with E-state index in [1.165, 1.54) is 50.5 Å². The van der Waals surface area contributed by atoms with Crippen LogP contribution in [0.4, 0.5) is 0 Å². The molecule has 3 saturated carbocycles. The first kappa shape index (κ1) is 30.7. The molecular formula is C33H52O5. The highest BCUT2D eigenvalue weighted by atomic mass is 16.4. The predicted molar refractivity (Wildman–Crippen MR) is 153 cm³/mol. The lowest BCUT2D eigenvalue weighted by Crippen LogP contribution is -2.38. The molecule has 6 atom stereocenters. The van der Waals surface area contributed by atoms with Gasteiger partial charge in [-0.15, -0.1) is 0 Å². The fraction of sp³-hybridized carbons (Fsp3) is 0.758. The molecule has 1 unspecified atom stereocenters. The predicted octanol–water partition coefficient (Wildman–Crippen LogP) is 7.94. The second-order valence-corrected chi connectivity index (χ2v) is 13.5. The summed E-state index contributed by atoms with van der Waals surface area (Å²) in [7, 11) is 0. The number of aliphatic carboxylic acids is 2. The molecule has 3 fully saturated rings. The van der Waals surface area contributed by atoms with Gasteiger partial charge in [-0.05, 0) is 97.5 Å². The minimum absolute atomic E-state index is 0.0181. The smallest absolute Gasteiger partial charge is 0.303 e. The molecule has 0 amide bonds. The van der Waals surface area contributed by atoms with Crippen LogP contribution in [0.25, 0.3) is 0 Å². The third-order valence-electron chi connectivity index (χ3n) is 10.2. The zero-order valence-corrected chi connectivity index (χ0v) is 24.3. The molecule has 3 aliphatic carbocycles. The minimum Gasteiger partial charge on any atom is -0.481 e. The zero-order valence-electron chi connectivity index (χ0n) is 24.3. The molecule has 0 saturated heterocycles. The van der Waals surface area contributed by atoms with Crippen LogP contribution in [0.3, 0.4) is 0 Å². The molecule has 0 aromatic heterocycles.